The number of methoxy groups -OCH3 is 1. The zero-order chi connectivity index (χ0) is 16.5. The monoisotopic (exact) mass is 327 g/mol. The van der Waals surface area contributed by atoms with Gasteiger partial charge in [-0.25, -0.2) is 8.42 Å². The Kier molecular flexibility index (Phi) is 4.60. The van der Waals surface area contributed by atoms with Crippen molar-refractivity contribution in [3.8, 4) is 0 Å². The second-order valence-corrected chi connectivity index (χ2v) is 7.89. The van der Waals surface area contributed by atoms with Crippen molar-refractivity contribution in [1.29, 1.82) is 0 Å². The summed E-state index contributed by atoms with van der Waals surface area (Å²) in [5.41, 5.74) is -0.406. The summed E-state index contributed by atoms with van der Waals surface area (Å²) in [6.45, 7) is 3.73. The van der Waals surface area contributed by atoms with Gasteiger partial charge in [0, 0.05) is 20.2 Å². The topological polar surface area (TPSA) is 83.9 Å². The number of ether oxygens (including phenoxy) is 1. The second kappa shape index (κ2) is 5.98. The third kappa shape index (κ3) is 2.76. The fourth-order valence-corrected chi connectivity index (χ4v) is 4.66. The lowest BCUT2D eigenvalue weighted by Crippen LogP contribution is -2.64. The molecule has 0 aliphatic carbocycles. The molecule has 0 unspecified atom stereocenters. The molecule has 1 fully saturated rings. The molecule has 1 aliphatic rings. The van der Waals surface area contributed by atoms with Gasteiger partial charge in [0.25, 0.3) is 0 Å². The molecular weight excluding hydrogens is 306 g/mol. The van der Waals surface area contributed by atoms with Crippen molar-refractivity contribution in [2.75, 3.05) is 26.8 Å². The molecule has 1 aromatic carbocycles. The molecule has 22 heavy (non-hydrogen) atoms. The average Bonchev–Trinajstić information content (AvgIpc) is 2.41. The first-order chi connectivity index (χ1) is 10.2. The van der Waals surface area contributed by atoms with Gasteiger partial charge in [-0.1, -0.05) is 32.0 Å². The second-order valence-electron chi connectivity index (χ2n) is 5.98. The standard InChI is InChI=1S/C15H21NO5S/c1-11(2)12-6-4-5-7-13(12)22(19,20)16-8-15(9-16,10-21-3)14(17)18/h4-7,11H,8-10H2,1-3H3,(H,17,18). The molecule has 0 radical (unpaired) electrons. The van der Waals surface area contributed by atoms with Gasteiger partial charge in [0.1, 0.15) is 5.41 Å². The molecule has 0 aromatic heterocycles. The maximum Gasteiger partial charge on any atom is 0.314 e. The van der Waals surface area contributed by atoms with Crippen LogP contribution in [0, 0.1) is 5.41 Å². The molecular formula is C15H21NO5S. The molecule has 0 spiro atoms. The van der Waals surface area contributed by atoms with E-state index in [4.69, 9.17) is 4.74 Å². The van der Waals surface area contributed by atoms with Crippen molar-refractivity contribution in [3.05, 3.63) is 29.8 Å². The highest BCUT2D eigenvalue weighted by atomic mass is 32.2. The Morgan fingerprint density at radius 3 is 2.45 bits per heavy atom. The van der Waals surface area contributed by atoms with E-state index < -0.39 is 21.4 Å². The molecule has 7 heteroatoms. The van der Waals surface area contributed by atoms with Gasteiger partial charge >= 0.3 is 5.97 Å². The Morgan fingerprint density at radius 1 is 1.36 bits per heavy atom. The van der Waals surface area contributed by atoms with Crippen LogP contribution in [0.25, 0.3) is 0 Å². The van der Waals surface area contributed by atoms with Crippen LogP contribution in [0.1, 0.15) is 25.3 Å². The summed E-state index contributed by atoms with van der Waals surface area (Å²) < 4.78 is 31.6. The maximum atomic E-state index is 12.7. The van der Waals surface area contributed by atoms with Crippen LogP contribution in [-0.2, 0) is 19.6 Å². The Bertz CT molecular complexity index is 662. The summed E-state index contributed by atoms with van der Waals surface area (Å²) in [5, 5.41) is 9.31. The summed E-state index contributed by atoms with van der Waals surface area (Å²) in [5.74, 6) is -0.964. The molecule has 1 saturated heterocycles. The number of carbonyl (C=O) groups is 1. The van der Waals surface area contributed by atoms with E-state index in [2.05, 4.69) is 0 Å². The maximum absolute atomic E-state index is 12.7. The minimum absolute atomic E-state index is 0.000179. The number of hydrogen-bond acceptors (Lipinski definition) is 4. The van der Waals surface area contributed by atoms with Crippen molar-refractivity contribution in [1.82, 2.24) is 4.31 Å². The van der Waals surface area contributed by atoms with E-state index in [-0.39, 0.29) is 30.5 Å². The van der Waals surface area contributed by atoms with Crippen LogP contribution in [0.4, 0.5) is 0 Å². The number of hydrogen-bond donors (Lipinski definition) is 1. The molecule has 6 nitrogen and oxygen atoms in total. The number of rotatable bonds is 6. The van der Waals surface area contributed by atoms with E-state index in [0.29, 0.717) is 0 Å². The van der Waals surface area contributed by atoms with E-state index in [0.717, 1.165) is 5.56 Å². The highest BCUT2D eigenvalue weighted by Gasteiger charge is 2.54. The summed E-state index contributed by atoms with van der Waals surface area (Å²) in [4.78, 5) is 11.6. The molecule has 2 rings (SSSR count). The van der Waals surface area contributed by atoms with Crippen molar-refractivity contribution >= 4 is 16.0 Å². The highest BCUT2D eigenvalue weighted by Crippen LogP contribution is 2.37. The summed E-state index contributed by atoms with van der Waals surface area (Å²) in [7, 11) is -2.27. The highest BCUT2D eigenvalue weighted by molar-refractivity contribution is 7.89. The van der Waals surface area contributed by atoms with Gasteiger partial charge in [-0.2, -0.15) is 4.31 Å². The van der Waals surface area contributed by atoms with Crippen LogP contribution in [-0.4, -0.2) is 50.6 Å². The van der Waals surface area contributed by atoms with E-state index in [1.54, 1.807) is 24.3 Å². The van der Waals surface area contributed by atoms with Gasteiger partial charge < -0.3 is 9.84 Å². The normalized spacial score (nSPS) is 18.2. The predicted octanol–water partition coefficient (Wildman–Crippen LogP) is 1.53. The van der Waals surface area contributed by atoms with Crippen LogP contribution in [0.5, 0.6) is 0 Å². The predicted molar refractivity (Wildman–Crippen MR) is 81.2 cm³/mol. The number of nitrogens with zero attached hydrogens (tertiary/aromatic N) is 1. The van der Waals surface area contributed by atoms with Crippen LogP contribution in [0.15, 0.2) is 29.2 Å². The molecule has 0 atom stereocenters. The molecule has 0 bridgehead atoms. The van der Waals surface area contributed by atoms with Crippen molar-refractivity contribution < 1.29 is 23.1 Å². The largest absolute Gasteiger partial charge is 0.481 e. The number of sulfonamides is 1. The smallest absolute Gasteiger partial charge is 0.314 e. The number of carboxylic acid groups (broad SMARTS) is 1. The average molecular weight is 327 g/mol. The van der Waals surface area contributed by atoms with Crippen molar-refractivity contribution in [2.24, 2.45) is 5.41 Å². The summed E-state index contributed by atoms with van der Waals surface area (Å²) >= 11 is 0. The Hall–Kier alpha value is -1.44. The minimum Gasteiger partial charge on any atom is -0.481 e. The van der Waals surface area contributed by atoms with E-state index in [1.807, 2.05) is 13.8 Å². The van der Waals surface area contributed by atoms with Crippen LogP contribution in [0.3, 0.4) is 0 Å². The first-order valence-corrected chi connectivity index (χ1v) is 8.50. The van der Waals surface area contributed by atoms with Gasteiger partial charge in [0.15, 0.2) is 0 Å². The molecule has 1 heterocycles. The zero-order valence-corrected chi connectivity index (χ0v) is 13.8. The summed E-state index contributed by atoms with van der Waals surface area (Å²) in [6, 6.07) is 6.84. The first kappa shape index (κ1) is 16.9. The Labute approximate surface area is 130 Å². The zero-order valence-electron chi connectivity index (χ0n) is 12.9. The molecule has 1 N–H and O–H groups in total. The van der Waals surface area contributed by atoms with Gasteiger partial charge in [0.2, 0.25) is 10.0 Å². The van der Waals surface area contributed by atoms with E-state index in [1.165, 1.54) is 11.4 Å². The van der Waals surface area contributed by atoms with Gasteiger partial charge in [-0.05, 0) is 17.5 Å². The van der Waals surface area contributed by atoms with E-state index in [9.17, 15) is 18.3 Å². The quantitative estimate of drug-likeness (QED) is 0.856. The molecule has 0 amide bonds. The minimum atomic E-state index is -3.69. The third-order valence-corrected chi connectivity index (χ3v) is 5.86. The first-order valence-electron chi connectivity index (χ1n) is 7.06. The number of aliphatic carboxylic acids is 1. The van der Waals surface area contributed by atoms with Gasteiger partial charge in [-0.15, -0.1) is 0 Å². The molecule has 122 valence electrons. The third-order valence-electron chi connectivity index (χ3n) is 3.99. The number of benzene rings is 1. The fraction of sp³-hybridized carbons (Fsp3) is 0.533. The Morgan fingerprint density at radius 2 is 1.95 bits per heavy atom. The van der Waals surface area contributed by atoms with Crippen LogP contribution in [0.2, 0.25) is 0 Å². The van der Waals surface area contributed by atoms with Gasteiger partial charge in [0.05, 0.1) is 11.5 Å². The fourth-order valence-electron chi connectivity index (χ4n) is 2.69. The molecule has 1 aromatic rings. The summed E-state index contributed by atoms with van der Waals surface area (Å²) in [6.07, 6.45) is 0. The molecule has 0 saturated carbocycles. The molecule has 1 aliphatic heterocycles. The SMILES string of the molecule is COCC1(C(=O)O)CN(S(=O)(=O)c2ccccc2C(C)C)C1. The van der Waals surface area contributed by atoms with Crippen molar-refractivity contribution in [3.63, 3.8) is 0 Å². The van der Waals surface area contributed by atoms with Gasteiger partial charge in [-0.3, -0.25) is 4.79 Å². The van der Waals surface area contributed by atoms with Crippen molar-refractivity contribution in [2.45, 2.75) is 24.7 Å². The lowest BCUT2D eigenvalue weighted by atomic mass is 9.83. The Balaban J connectivity index is 2.30. The van der Waals surface area contributed by atoms with Crippen LogP contribution < -0.4 is 0 Å². The lowest BCUT2D eigenvalue weighted by molar-refractivity contribution is -0.161. The lowest BCUT2D eigenvalue weighted by Gasteiger charge is -2.45. The van der Waals surface area contributed by atoms with Crippen LogP contribution >= 0.6 is 0 Å². The number of carboxylic acids is 1. The van der Waals surface area contributed by atoms with E-state index >= 15 is 0 Å².